The zero-order valence-corrected chi connectivity index (χ0v) is 14.7. The molecule has 1 aliphatic heterocycles. The average Bonchev–Trinajstić information content (AvgIpc) is 2.46. The first kappa shape index (κ1) is 16.9. The van der Waals surface area contributed by atoms with Crippen LogP contribution in [0.2, 0.25) is 0 Å². The molecule has 1 saturated heterocycles. The molecule has 0 saturated carbocycles. The third-order valence-corrected chi connectivity index (χ3v) is 5.89. The van der Waals surface area contributed by atoms with E-state index in [-0.39, 0.29) is 11.8 Å². The van der Waals surface area contributed by atoms with Crippen LogP contribution in [0.4, 0.5) is 0 Å². The number of nitrogens with one attached hydrogen (secondary N) is 2. The molecule has 0 aliphatic carbocycles. The van der Waals surface area contributed by atoms with Gasteiger partial charge in [-0.2, -0.15) is 0 Å². The maximum atomic E-state index is 12.2. The summed E-state index contributed by atoms with van der Waals surface area (Å²) in [5.41, 5.74) is 0.970. The van der Waals surface area contributed by atoms with Crippen LogP contribution >= 0.6 is 15.9 Å². The van der Waals surface area contributed by atoms with E-state index in [4.69, 9.17) is 0 Å². The summed E-state index contributed by atoms with van der Waals surface area (Å²) in [7, 11) is -3.24. The van der Waals surface area contributed by atoms with Gasteiger partial charge in [0, 0.05) is 16.6 Å². The van der Waals surface area contributed by atoms with Crippen LogP contribution in [0.5, 0.6) is 0 Å². The van der Waals surface area contributed by atoms with Crippen molar-refractivity contribution in [3.8, 4) is 0 Å². The monoisotopic (exact) mass is 374 g/mol. The van der Waals surface area contributed by atoms with E-state index in [0.29, 0.717) is 12.5 Å². The Bertz CT molecular complexity index is 539. The van der Waals surface area contributed by atoms with Crippen LogP contribution in [0.25, 0.3) is 0 Å². The summed E-state index contributed by atoms with van der Waals surface area (Å²) in [4.78, 5) is 0. The average molecular weight is 375 g/mol. The Morgan fingerprint density at radius 3 is 2.67 bits per heavy atom. The van der Waals surface area contributed by atoms with Gasteiger partial charge in [-0.1, -0.05) is 34.5 Å². The lowest BCUT2D eigenvalue weighted by Gasteiger charge is -2.23. The molecule has 0 radical (unpaired) electrons. The first-order chi connectivity index (χ1) is 9.96. The van der Waals surface area contributed by atoms with Crippen LogP contribution in [0.15, 0.2) is 28.7 Å². The molecular weight excluding hydrogens is 352 g/mol. The fourth-order valence-electron chi connectivity index (χ4n) is 2.62. The Labute approximate surface area is 135 Å². The van der Waals surface area contributed by atoms with Gasteiger partial charge in [-0.3, -0.25) is 0 Å². The third-order valence-electron chi connectivity index (χ3n) is 3.87. The smallest absolute Gasteiger partial charge is 0.212 e. The van der Waals surface area contributed by atoms with E-state index in [0.717, 1.165) is 23.0 Å². The van der Waals surface area contributed by atoms with E-state index in [1.807, 2.05) is 31.2 Å². The Hall–Kier alpha value is -0.430. The molecule has 0 aromatic heterocycles. The molecule has 2 atom stereocenters. The van der Waals surface area contributed by atoms with Crippen molar-refractivity contribution in [2.45, 2.75) is 44.7 Å². The van der Waals surface area contributed by atoms with Crippen LogP contribution in [0.1, 0.15) is 44.2 Å². The molecular formula is C15H23BrN2O2S. The fourth-order valence-corrected chi connectivity index (χ4v) is 4.27. The molecule has 0 bridgehead atoms. The molecule has 6 heteroatoms. The molecule has 1 heterocycles. The van der Waals surface area contributed by atoms with Crippen molar-refractivity contribution in [2.75, 3.05) is 12.3 Å². The van der Waals surface area contributed by atoms with Crippen molar-refractivity contribution in [1.82, 2.24) is 10.0 Å². The van der Waals surface area contributed by atoms with E-state index in [1.165, 1.54) is 12.8 Å². The van der Waals surface area contributed by atoms with Crippen molar-refractivity contribution in [1.29, 1.82) is 0 Å². The van der Waals surface area contributed by atoms with Gasteiger partial charge >= 0.3 is 0 Å². The maximum absolute atomic E-state index is 12.2. The van der Waals surface area contributed by atoms with Gasteiger partial charge in [0.1, 0.15) is 0 Å². The summed E-state index contributed by atoms with van der Waals surface area (Å²) < 4.78 is 28.1. The lowest BCUT2D eigenvalue weighted by atomic mass is 10.0. The minimum absolute atomic E-state index is 0.186. The summed E-state index contributed by atoms with van der Waals surface area (Å²) in [5, 5.41) is 3.39. The molecule has 21 heavy (non-hydrogen) atoms. The second-order valence-corrected chi connectivity index (χ2v) is 8.43. The summed E-state index contributed by atoms with van der Waals surface area (Å²) in [6.07, 6.45) is 4.16. The van der Waals surface area contributed by atoms with E-state index in [1.54, 1.807) is 0 Å². The largest absolute Gasteiger partial charge is 0.314 e. The zero-order chi connectivity index (χ0) is 15.3. The highest BCUT2D eigenvalue weighted by molar-refractivity contribution is 9.10. The SMILES string of the molecule is CC(NS(=O)(=O)CCC1CCCCN1)c1ccc(Br)cc1. The Morgan fingerprint density at radius 1 is 1.33 bits per heavy atom. The molecule has 1 fully saturated rings. The molecule has 1 aliphatic rings. The number of hydrogen-bond donors (Lipinski definition) is 2. The highest BCUT2D eigenvalue weighted by Crippen LogP contribution is 2.18. The van der Waals surface area contributed by atoms with Gasteiger partial charge in [0.05, 0.1) is 5.75 Å². The zero-order valence-electron chi connectivity index (χ0n) is 12.3. The highest BCUT2D eigenvalue weighted by atomic mass is 79.9. The lowest BCUT2D eigenvalue weighted by Crippen LogP contribution is -2.37. The first-order valence-electron chi connectivity index (χ1n) is 7.45. The van der Waals surface area contributed by atoms with Crippen LogP contribution in [-0.2, 0) is 10.0 Å². The van der Waals surface area contributed by atoms with Crippen LogP contribution in [-0.4, -0.2) is 26.8 Å². The topological polar surface area (TPSA) is 58.2 Å². The van der Waals surface area contributed by atoms with Gasteiger partial charge in [-0.05, 0) is 50.4 Å². The van der Waals surface area contributed by atoms with E-state index < -0.39 is 10.0 Å². The number of rotatable bonds is 6. The van der Waals surface area contributed by atoms with Gasteiger partial charge in [0.2, 0.25) is 10.0 Å². The summed E-state index contributed by atoms with van der Waals surface area (Å²) in [6.45, 7) is 2.88. The normalized spacial score (nSPS) is 21.1. The molecule has 2 rings (SSSR count). The Kier molecular flexibility index (Phi) is 6.22. The molecule has 1 aromatic carbocycles. The molecule has 0 spiro atoms. The van der Waals surface area contributed by atoms with Gasteiger partial charge in [-0.15, -0.1) is 0 Å². The minimum atomic E-state index is -3.24. The van der Waals surface area contributed by atoms with Crippen molar-refractivity contribution < 1.29 is 8.42 Å². The van der Waals surface area contributed by atoms with Gasteiger partial charge < -0.3 is 5.32 Å². The highest BCUT2D eigenvalue weighted by Gasteiger charge is 2.19. The molecule has 1 aromatic rings. The second-order valence-electron chi connectivity index (χ2n) is 5.65. The van der Waals surface area contributed by atoms with Crippen LogP contribution < -0.4 is 10.0 Å². The van der Waals surface area contributed by atoms with E-state index in [2.05, 4.69) is 26.0 Å². The van der Waals surface area contributed by atoms with Gasteiger partial charge in [0.25, 0.3) is 0 Å². The number of piperidine rings is 1. The molecule has 2 N–H and O–H groups in total. The Morgan fingerprint density at radius 2 is 2.05 bits per heavy atom. The third kappa shape index (κ3) is 5.70. The van der Waals surface area contributed by atoms with Gasteiger partial charge in [0.15, 0.2) is 0 Å². The molecule has 0 amide bonds. The van der Waals surface area contributed by atoms with Crippen LogP contribution in [0, 0.1) is 0 Å². The first-order valence-corrected chi connectivity index (χ1v) is 9.90. The molecule has 118 valence electrons. The summed E-state index contributed by atoms with van der Waals surface area (Å²) in [5.74, 6) is 0.186. The number of halogens is 1. The van der Waals surface area contributed by atoms with Crippen molar-refractivity contribution in [3.63, 3.8) is 0 Å². The quantitative estimate of drug-likeness (QED) is 0.804. The lowest BCUT2D eigenvalue weighted by molar-refractivity contribution is 0.392. The van der Waals surface area contributed by atoms with Crippen molar-refractivity contribution in [3.05, 3.63) is 34.3 Å². The number of hydrogen-bond acceptors (Lipinski definition) is 3. The Balaban J connectivity index is 1.86. The predicted molar refractivity (Wildman–Crippen MR) is 89.7 cm³/mol. The second kappa shape index (κ2) is 7.72. The maximum Gasteiger partial charge on any atom is 0.212 e. The minimum Gasteiger partial charge on any atom is -0.314 e. The van der Waals surface area contributed by atoms with Crippen molar-refractivity contribution in [2.24, 2.45) is 0 Å². The van der Waals surface area contributed by atoms with Crippen LogP contribution in [0.3, 0.4) is 0 Å². The van der Waals surface area contributed by atoms with E-state index >= 15 is 0 Å². The number of benzene rings is 1. The predicted octanol–water partition coefficient (Wildman–Crippen LogP) is 2.96. The van der Waals surface area contributed by atoms with Gasteiger partial charge in [-0.25, -0.2) is 13.1 Å². The standard InChI is InChI=1S/C15H23BrN2O2S/c1-12(13-5-7-14(16)8-6-13)18-21(19,20)11-9-15-4-2-3-10-17-15/h5-8,12,15,17-18H,2-4,9-11H2,1H3. The number of sulfonamides is 1. The summed E-state index contributed by atoms with van der Waals surface area (Å²) in [6, 6.07) is 7.85. The molecule has 4 nitrogen and oxygen atoms in total. The summed E-state index contributed by atoms with van der Waals surface area (Å²) >= 11 is 3.38. The molecule has 2 unspecified atom stereocenters. The van der Waals surface area contributed by atoms with E-state index in [9.17, 15) is 8.42 Å². The fraction of sp³-hybridized carbons (Fsp3) is 0.600. The van der Waals surface area contributed by atoms with Crippen molar-refractivity contribution >= 4 is 26.0 Å².